The minimum Gasteiger partial charge on any atom is -0.349 e. The molecule has 1 N–H and O–H groups in total. The Morgan fingerprint density at radius 1 is 1.14 bits per heavy atom. The van der Waals surface area contributed by atoms with Gasteiger partial charge in [-0.25, -0.2) is 0 Å². The van der Waals surface area contributed by atoms with Crippen molar-refractivity contribution in [3.8, 4) is 0 Å². The van der Waals surface area contributed by atoms with Crippen LogP contribution in [0.1, 0.15) is 49.8 Å². The maximum absolute atomic E-state index is 12.4. The molecule has 1 heterocycles. The third kappa shape index (κ3) is 4.59. The zero-order valence-electron chi connectivity index (χ0n) is 12.9. The lowest BCUT2D eigenvalue weighted by Crippen LogP contribution is -2.38. The lowest BCUT2D eigenvalue weighted by molar-refractivity contribution is -0.132. The maximum atomic E-state index is 12.4. The molecule has 0 aliphatic carbocycles. The van der Waals surface area contributed by atoms with Gasteiger partial charge in [-0.15, -0.1) is 0 Å². The first-order valence-corrected chi connectivity index (χ1v) is 7.67. The summed E-state index contributed by atoms with van der Waals surface area (Å²) in [6, 6.07) is 7.75. The SMILES string of the molecule is CC(=O)N[C@@H](CC(=O)N1CCCCC1)c1ccc(C)cc1. The number of piperidine rings is 1. The first-order valence-electron chi connectivity index (χ1n) is 7.67. The van der Waals surface area contributed by atoms with Crippen LogP contribution in [0.15, 0.2) is 24.3 Å². The van der Waals surface area contributed by atoms with Crippen LogP contribution < -0.4 is 5.32 Å². The average Bonchev–Trinajstić information content (AvgIpc) is 2.48. The fourth-order valence-electron chi connectivity index (χ4n) is 2.74. The lowest BCUT2D eigenvalue weighted by Gasteiger charge is -2.28. The topological polar surface area (TPSA) is 49.4 Å². The van der Waals surface area contributed by atoms with Gasteiger partial charge >= 0.3 is 0 Å². The Hall–Kier alpha value is -1.84. The van der Waals surface area contributed by atoms with Crippen molar-refractivity contribution in [3.05, 3.63) is 35.4 Å². The summed E-state index contributed by atoms with van der Waals surface area (Å²) < 4.78 is 0. The molecule has 0 radical (unpaired) electrons. The predicted octanol–water partition coefficient (Wildman–Crippen LogP) is 2.57. The van der Waals surface area contributed by atoms with E-state index in [2.05, 4.69) is 5.32 Å². The van der Waals surface area contributed by atoms with Gasteiger partial charge in [-0.2, -0.15) is 0 Å². The number of amides is 2. The van der Waals surface area contributed by atoms with E-state index >= 15 is 0 Å². The molecule has 1 aromatic rings. The predicted molar refractivity (Wildman–Crippen MR) is 82.8 cm³/mol. The van der Waals surface area contributed by atoms with Crippen molar-refractivity contribution in [2.24, 2.45) is 0 Å². The van der Waals surface area contributed by atoms with E-state index in [9.17, 15) is 9.59 Å². The highest BCUT2D eigenvalue weighted by Gasteiger charge is 2.22. The third-order valence-electron chi connectivity index (χ3n) is 3.94. The summed E-state index contributed by atoms with van der Waals surface area (Å²) in [5.41, 5.74) is 2.16. The van der Waals surface area contributed by atoms with Crippen molar-refractivity contribution < 1.29 is 9.59 Å². The maximum Gasteiger partial charge on any atom is 0.224 e. The Morgan fingerprint density at radius 2 is 1.76 bits per heavy atom. The second kappa shape index (κ2) is 7.25. The Bertz CT molecular complexity index is 490. The van der Waals surface area contributed by atoms with Gasteiger partial charge in [-0.3, -0.25) is 9.59 Å². The minimum absolute atomic E-state index is 0.105. The monoisotopic (exact) mass is 288 g/mol. The van der Waals surface area contributed by atoms with Gasteiger partial charge < -0.3 is 10.2 Å². The normalized spacial score (nSPS) is 16.4. The molecule has 1 saturated heterocycles. The van der Waals surface area contributed by atoms with Crippen LogP contribution in [-0.4, -0.2) is 29.8 Å². The van der Waals surface area contributed by atoms with Gasteiger partial charge in [0.1, 0.15) is 0 Å². The molecule has 114 valence electrons. The molecule has 0 bridgehead atoms. The van der Waals surface area contributed by atoms with Gasteiger partial charge in [0.2, 0.25) is 11.8 Å². The molecule has 0 saturated carbocycles. The van der Waals surface area contributed by atoms with Crippen molar-refractivity contribution >= 4 is 11.8 Å². The van der Waals surface area contributed by atoms with Crippen molar-refractivity contribution in [2.75, 3.05) is 13.1 Å². The molecule has 4 nitrogen and oxygen atoms in total. The smallest absolute Gasteiger partial charge is 0.224 e. The summed E-state index contributed by atoms with van der Waals surface area (Å²) in [4.78, 5) is 25.7. The van der Waals surface area contributed by atoms with Gasteiger partial charge in [0.25, 0.3) is 0 Å². The van der Waals surface area contributed by atoms with Crippen LogP contribution in [0.3, 0.4) is 0 Å². The zero-order valence-corrected chi connectivity index (χ0v) is 12.9. The largest absolute Gasteiger partial charge is 0.349 e. The van der Waals surface area contributed by atoms with Gasteiger partial charge in [-0.1, -0.05) is 29.8 Å². The van der Waals surface area contributed by atoms with Gasteiger partial charge in [0.15, 0.2) is 0 Å². The molecular formula is C17H24N2O2. The Labute approximate surface area is 126 Å². The minimum atomic E-state index is -0.238. The van der Waals surface area contributed by atoms with Crippen LogP contribution in [0.4, 0.5) is 0 Å². The zero-order chi connectivity index (χ0) is 15.2. The lowest BCUT2D eigenvalue weighted by atomic mass is 10.0. The van der Waals surface area contributed by atoms with E-state index in [1.165, 1.54) is 18.9 Å². The third-order valence-corrected chi connectivity index (χ3v) is 3.94. The molecule has 4 heteroatoms. The molecule has 1 atom stereocenters. The van der Waals surface area contributed by atoms with E-state index in [1.54, 1.807) is 0 Å². The number of nitrogens with zero attached hydrogens (tertiary/aromatic N) is 1. The fourth-order valence-corrected chi connectivity index (χ4v) is 2.74. The molecular weight excluding hydrogens is 264 g/mol. The number of carbonyl (C=O) groups excluding carboxylic acids is 2. The van der Waals surface area contributed by atoms with Crippen LogP contribution in [-0.2, 0) is 9.59 Å². The van der Waals surface area contributed by atoms with Crippen molar-refractivity contribution in [1.29, 1.82) is 0 Å². The van der Waals surface area contributed by atoms with Crippen LogP contribution in [0.5, 0.6) is 0 Å². The van der Waals surface area contributed by atoms with Crippen LogP contribution in [0, 0.1) is 6.92 Å². The second-order valence-corrected chi connectivity index (χ2v) is 5.81. The summed E-state index contributed by atoms with van der Waals surface area (Å²) >= 11 is 0. The number of likely N-dealkylation sites (tertiary alicyclic amines) is 1. The number of hydrogen-bond donors (Lipinski definition) is 1. The van der Waals surface area contributed by atoms with Gasteiger partial charge in [0, 0.05) is 20.0 Å². The number of benzene rings is 1. The molecule has 1 aliphatic heterocycles. The van der Waals surface area contributed by atoms with Gasteiger partial charge in [-0.05, 0) is 31.7 Å². The number of hydrogen-bond acceptors (Lipinski definition) is 2. The molecule has 2 amide bonds. The summed E-state index contributed by atoms with van der Waals surface area (Å²) in [5, 5.41) is 2.90. The fraction of sp³-hybridized carbons (Fsp3) is 0.529. The van der Waals surface area contributed by atoms with Crippen LogP contribution in [0.2, 0.25) is 0 Å². The molecule has 1 aliphatic rings. The van der Waals surface area contributed by atoms with E-state index in [4.69, 9.17) is 0 Å². The summed E-state index contributed by atoms with van der Waals surface area (Å²) in [5.74, 6) is 0.0287. The van der Waals surface area contributed by atoms with Crippen molar-refractivity contribution in [3.63, 3.8) is 0 Å². The van der Waals surface area contributed by atoms with Crippen LogP contribution in [0.25, 0.3) is 0 Å². The van der Waals surface area contributed by atoms with Crippen LogP contribution >= 0.6 is 0 Å². The molecule has 0 unspecified atom stereocenters. The molecule has 1 fully saturated rings. The summed E-state index contributed by atoms with van der Waals surface area (Å²) in [7, 11) is 0. The summed E-state index contributed by atoms with van der Waals surface area (Å²) in [6.45, 7) is 5.21. The highest BCUT2D eigenvalue weighted by Crippen LogP contribution is 2.20. The van der Waals surface area contributed by atoms with Crippen molar-refractivity contribution in [1.82, 2.24) is 10.2 Å². The van der Waals surface area contributed by atoms with E-state index in [0.717, 1.165) is 31.5 Å². The standard InChI is InChI=1S/C17H24N2O2/c1-13-6-8-15(9-7-13)16(18-14(2)20)12-17(21)19-10-4-3-5-11-19/h6-9,16H,3-5,10-12H2,1-2H3,(H,18,20)/t16-/m0/s1. The number of aryl methyl sites for hydroxylation is 1. The van der Waals surface area contributed by atoms with E-state index in [-0.39, 0.29) is 17.9 Å². The molecule has 0 aromatic heterocycles. The first-order chi connectivity index (χ1) is 10.1. The molecule has 0 spiro atoms. The first kappa shape index (κ1) is 15.5. The second-order valence-electron chi connectivity index (χ2n) is 5.81. The molecule has 21 heavy (non-hydrogen) atoms. The van der Waals surface area contributed by atoms with E-state index < -0.39 is 0 Å². The van der Waals surface area contributed by atoms with E-state index in [0.29, 0.717) is 6.42 Å². The Kier molecular flexibility index (Phi) is 5.37. The number of carbonyl (C=O) groups is 2. The highest BCUT2D eigenvalue weighted by atomic mass is 16.2. The Balaban J connectivity index is 2.06. The quantitative estimate of drug-likeness (QED) is 0.925. The van der Waals surface area contributed by atoms with Gasteiger partial charge in [0.05, 0.1) is 12.5 Å². The average molecular weight is 288 g/mol. The number of rotatable bonds is 4. The summed E-state index contributed by atoms with van der Waals surface area (Å²) in [6.07, 6.45) is 3.71. The Morgan fingerprint density at radius 3 is 2.33 bits per heavy atom. The highest BCUT2D eigenvalue weighted by molar-refractivity contribution is 5.79. The number of nitrogens with one attached hydrogen (secondary N) is 1. The van der Waals surface area contributed by atoms with E-state index in [1.807, 2.05) is 36.1 Å². The molecule has 2 rings (SSSR count). The molecule has 1 aromatic carbocycles. The van der Waals surface area contributed by atoms with Crippen molar-refractivity contribution in [2.45, 2.75) is 45.6 Å².